The first-order chi connectivity index (χ1) is 20.2. The van der Waals surface area contributed by atoms with Gasteiger partial charge in [0.2, 0.25) is 0 Å². The maximum absolute atomic E-state index is 14.0. The summed E-state index contributed by atoms with van der Waals surface area (Å²) in [6, 6.07) is 20.1. The van der Waals surface area contributed by atoms with Crippen LogP contribution in [0.4, 0.5) is 0 Å². The number of thiazole rings is 1. The highest BCUT2D eigenvalue weighted by Crippen LogP contribution is 2.32. The number of carbonyl (C=O) groups is 1. The lowest BCUT2D eigenvalue weighted by atomic mass is 9.93. The van der Waals surface area contributed by atoms with Crippen LogP contribution in [-0.4, -0.2) is 17.1 Å². The molecule has 2 heterocycles. The number of benzene rings is 3. The minimum Gasteiger partial charge on any atom is -0.488 e. The van der Waals surface area contributed by atoms with Crippen molar-refractivity contribution in [2.24, 2.45) is 4.99 Å². The molecule has 4 aromatic rings. The predicted molar refractivity (Wildman–Crippen MR) is 168 cm³/mol. The molecule has 216 valence electrons. The summed E-state index contributed by atoms with van der Waals surface area (Å²) in [4.78, 5) is 32.4. The molecule has 0 saturated carbocycles. The molecule has 0 radical (unpaired) electrons. The Hall–Kier alpha value is -3.65. The van der Waals surface area contributed by atoms with Gasteiger partial charge in [-0.2, -0.15) is 0 Å². The van der Waals surface area contributed by atoms with E-state index in [1.54, 1.807) is 36.6 Å². The first kappa shape index (κ1) is 29.8. The summed E-state index contributed by atoms with van der Waals surface area (Å²) in [6.07, 6.45) is 1.80. The number of fused-ring (bicyclic) bond motifs is 1. The zero-order chi connectivity index (χ0) is 30.0. The van der Waals surface area contributed by atoms with Crippen molar-refractivity contribution in [2.45, 2.75) is 46.3 Å². The number of hydrogen-bond acceptors (Lipinski definition) is 6. The Morgan fingerprint density at radius 2 is 1.83 bits per heavy atom. The van der Waals surface area contributed by atoms with Crippen molar-refractivity contribution in [2.75, 3.05) is 6.61 Å². The van der Waals surface area contributed by atoms with Crippen molar-refractivity contribution in [3.63, 3.8) is 0 Å². The quantitative estimate of drug-likeness (QED) is 0.203. The number of para-hydroxylation sites is 1. The van der Waals surface area contributed by atoms with Crippen LogP contribution in [0.25, 0.3) is 6.08 Å². The van der Waals surface area contributed by atoms with Gasteiger partial charge in [-0.25, -0.2) is 9.79 Å². The number of allylic oxidation sites excluding steroid dienone is 1. The summed E-state index contributed by atoms with van der Waals surface area (Å²) in [5.41, 5.74) is 4.14. The van der Waals surface area contributed by atoms with E-state index >= 15 is 0 Å². The van der Waals surface area contributed by atoms with Gasteiger partial charge in [0, 0.05) is 21.2 Å². The Morgan fingerprint density at radius 3 is 2.52 bits per heavy atom. The molecule has 0 bridgehead atoms. The number of rotatable bonds is 8. The Bertz CT molecular complexity index is 1860. The van der Waals surface area contributed by atoms with Gasteiger partial charge in [0.25, 0.3) is 5.56 Å². The fourth-order valence-corrected chi connectivity index (χ4v) is 6.34. The highest BCUT2D eigenvalue weighted by atomic mass is 35.5. The van der Waals surface area contributed by atoms with Gasteiger partial charge in [-0.05, 0) is 55.2 Å². The van der Waals surface area contributed by atoms with Crippen LogP contribution >= 0.6 is 34.5 Å². The zero-order valence-corrected chi connectivity index (χ0v) is 26.0. The molecule has 0 spiro atoms. The first-order valence-electron chi connectivity index (χ1n) is 13.6. The van der Waals surface area contributed by atoms with Crippen molar-refractivity contribution in [3.05, 3.63) is 130 Å². The molecule has 3 aromatic carbocycles. The molecule has 1 aromatic heterocycles. The summed E-state index contributed by atoms with van der Waals surface area (Å²) in [6.45, 7) is 8.24. The molecular weight excluding hydrogens is 591 g/mol. The average molecular weight is 622 g/mol. The fourth-order valence-electron chi connectivity index (χ4n) is 4.84. The lowest BCUT2D eigenvalue weighted by molar-refractivity contribution is -0.139. The van der Waals surface area contributed by atoms with E-state index in [4.69, 9.17) is 32.7 Å². The second-order valence-electron chi connectivity index (χ2n) is 10.2. The van der Waals surface area contributed by atoms with Crippen LogP contribution in [0.5, 0.6) is 5.75 Å². The lowest BCUT2D eigenvalue weighted by Crippen LogP contribution is -2.39. The van der Waals surface area contributed by atoms with Gasteiger partial charge >= 0.3 is 5.97 Å². The van der Waals surface area contributed by atoms with Gasteiger partial charge < -0.3 is 9.47 Å². The molecule has 6 nitrogen and oxygen atoms in total. The van der Waals surface area contributed by atoms with E-state index in [1.165, 1.54) is 16.9 Å². The van der Waals surface area contributed by atoms with Gasteiger partial charge in [-0.15, -0.1) is 0 Å². The Kier molecular flexibility index (Phi) is 9.02. The van der Waals surface area contributed by atoms with Crippen molar-refractivity contribution in [3.8, 4) is 5.75 Å². The van der Waals surface area contributed by atoms with E-state index in [-0.39, 0.29) is 18.8 Å². The largest absolute Gasteiger partial charge is 0.488 e. The van der Waals surface area contributed by atoms with Crippen molar-refractivity contribution >= 4 is 46.6 Å². The van der Waals surface area contributed by atoms with E-state index in [9.17, 15) is 9.59 Å². The molecule has 9 heteroatoms. The van der Waals surface area contributed by atoms with Crippen LogP contribution in [-0.2, 0) is 16.1 Å². The van der Waals surface area contributed by atoms with E-state index in [0.717, 1.165) is 16.7 Å². The molecule has 5 rings (SSSR count). The standard InChI is InChI=1S/C33H30Cl2N2O4S/c1-5-40-32(39)29-20(4)36-33-37(30(29)22-12-10-21(11-13-22)19(2)3)31(38)28(42-33)16-23-8-6-7-9-27(23)41-18-24-14-15-25(34)17-26(24)35/h6-17,19,30H,5,18H2,1-4H3/b28-16-/t30-/m0/s1. The highest BCUT2D eigenvalue weighted by Gasteiger charge is 2.33. The number of hydrogen-bond donors (Lipinski definition) is 0. The van der Waals surface area contributed by atoms with Crippen LogP contribution in [0.2, 0.25) is 10.0 Å². The predicted octanol–water partition coefficient (Wildman–Crippen LogP) is 6.81. The summed E-state index contributed by atoms with van der Waals surface area (Å²) in [5, 5.41) is 1.07. The monoisotopic (exact) mass is 620 g/mol. The maximum Gasteiger partial charge on any atom is 0.338 e. The Labute approximate surface area is 258 Å². The second-order valence-corrected chi connectivity index (χ2v) is 12.0. The van der Waals surface area contributed by atoms with E-state index in [1.807, 2.05) is 54.6 Å². The summed E-state index contributed by atoms with van der Waals surface area (Å²) in [5.74, 6) is 0.463. The van der Waals surface area contributed by atoms with Gasteiger partial charge in [0.05, 0.1) is 28.5 Å². The maximum atomic E-state index is 14.0. The van der Waals surface area contributed by atoms with Gasteiger partial charge in [-0.1, -0.05) is 96.9 Å². The number of nitrogens with zero attached hydrogens (tertiary/aromatic N) is 2. The fraction of sp³-hybridized carbons (Fsp3) is 0.242. The molecule has 1 aliphatic heterocycles. The topological polar surface area (TPSA) is 69.9 Å². The van der Waals surface area contributed by atoms with Crippen LogP contribution in [0, 0.1) is 0 Å². The SMILES string of the molecule is CCOC(=O)C1=C(C)N=c2s/c(=C\c3ccccc3OCc3ccc(Cl)cc3Cl)c(=O)n2[C@H]1c1ccc(C(C)C)cc1. The number of ether oxygens (including phenoxy) is 2. The second kappa shape index (κ2) is 12.7. The highest BCUT2D eigenvalue weighted by molar-refractivity contribution is 7.07. The smallest absolute Gasteiger partial charge is 0.338 e. The molecule has 0 unspecified atom stereocenters. The van der Waals surface area contributed by atoms with Crippen molar-refractivity contribution in [1.82, 2.24) is 4.57 Å². The molecule has 42 heavy (non-hydrogen) atoms. The van der Waals surface area contributed by atoms with E-state index in [0.29, 0.717) is 42.3 Å². The molecule has 1 atom stereocenters. The molecule has 0 amide bonds. The molecule has 0 saturated heterocycles. The third kappa shape index (κ3) is 6.09. The molecule has 0 fully saturated rings. The third-order valence-corrected chi connectivity index (χ3v) is 8.61. The molecule has 0 aliphatic carbocycles. The van der Waals surface area contributed by atoms with Crippen LogP contribution < -0.4 is 19.6 Å². The minimum absolute atomic E-state index is 0.219. The van der Waals surface area contributed by atoms with Crippen LogP contribution in [0.3, 0.4) is 0 Å². The Morgan fingerprint density at radius 1 is 1.10 bits per heavy atom. The molecular formula is C33H30Cl2N2O4S. The van der Waals surface area contributed by atoms with Crippen LogP contribution in [0.15, 0.2) is 87.8 Å². The third-order valence-electron chi connectivity index (χ3n) is 7.04. The van der Waals surface area contributed by atoms with Gasteiger partial charge in [0.15, 0.2) is 4.80 Å². The number of aromatic nitrogens is 1. The van der Waals surface area contributed by atoms with E-state index in [2.05, 4.69) is 18.8 Å². The first-order valence-corrected chi connectivity index (χ1v) is 15.2. The Balaban J connectivity index is 1.59. The average Bonchev–Trinajstić information content (AvgIpc) is 3.26. The van der Waals surface area contributed by atoms with Gasteiger partial charge in [-0.3, -0.25) is 9.36 Å². The molecule has 0 N–H and O–H groups in total. The molecule has 1 aliphatic rings. The number of esters is 1. The number of carbonyl (C=O) groups excluding carboxylic acids is 1. The van der Waals surface area contributed by atoms with Crippen LogP contribution in [0.1, 0.15) is 61.9 Å². The normalized spacial score (nSPS) is 15.0. The zero-order valence-electron chi connectivity index (χ0n) is 23.7. The van der Waals surface area contributed by atoms with Crippen molar-refractivity contribution in [1.29, 1.82) is 0 Å². The lowest BCUT2D eigenvalue weighted by Gasteiger charge is -2.25. The van der Waals surface area contributed by atoms with Gasteiger partial charge in [0.1, 0.15) is 12.4 Å². The van der Waals surface area contributed by atoms with E-state index < -0.39 is 12.0 Å². The summed E-state index contributed by atoms with van der Waals surface area (Å²) >= 11 is 13.6. The number of halogens is 2. The minimum atomic E-state index is -0.665. The summed E-state index contributed by atoms with van der Waals surface area (Å²) in [7, 11) is 0. The van der Waals surface area contributed by atoms with Crippen molar-refractivity contribution < 1.29 is 14.3 Å². The summed E-state index contributed by atoms with van der Waals surface area (Å²) < 4.78 is 13.6.